The molecule has 8 nitrogen and oxygen atoms in total. The van der Waals surface area contributed by atoms with Gasteiger partial charge in [0, 0.05) is 20.1 Å². The molecule has 3 amide bonds. The Morgan fingerprint density at radius 1 is 1.14 bits per heavy atom. The molecule has 2 aromatic rings. The number of rotatable bonds is 8. The Kier molecular flexibility index (Phi) is 7.99. The van der Waals surface area contributed by atoms with E-state index >= 15 is 0 Å². The summed E-state index contributed by atoms with van der Waals surface area (Å²) in [5.74, 6) is -0.604. The summed E-state index contributed by atoms with van der Waals surface area (Å²) in [5, 5.41) is 2.80. The molecule has 198 valence electrons. The highest BCUT2D eigenvalue weighted by atomic mass is 16.5. The summed E-state index contributed by atoms with van der Waals surface area (Å²) in [6, 6.07) is 18.8. The number of hydrogen-bond acceptors (Lipinski definition) is 5. The van der Waals surface area contributed by atoms with Crippen molar-refractivity contribution in [3.8, 4) is 0 Å². The van der Waals surface area contributed by atoms with Gasteiger partial charge < -0.3 is 25.6 Å². The smallest absolute Gasteiger partial charge is 0.247 e. The molecule has 3 N–H and O–H groups in total. The Balaban J connectivity index is 1.49. The van der Waals surface area contributed by atoms with Gasteiger partial charge >= 0.3 is 0 Å². The zero-order valence-electron chi connectivity index (χ0n) is 22.0. The van der Waals surface area contributed by atoms with E-state index in [1.165, 1.54) is 0 Å². The summed E-state index contributed by atoms with van der Waals surface area (Å²) in [4.78, 5) is 43.5. The molecular weight excluding hydrogens is 468 g/mol. The number of carbonyl (C=O) groups is 3. The van der Waals surface area contributed by atoms with Crippen LogP contribution in [0.4, 0.5) is 0 Å². The lowest BCUT2D eigenvalue weighted by Gasteiger charge is -2.40. The predicted molar refractivity (Wildman–Crippen MR) is 141 cm³/mol. The second-order valence-corrected chi connectivity index (χ2v) is 10.9. The molecule has 0 aliphatic carbocycles. The fraction of sp³-hybridized carbons (Fsp3) is 0.483. The highest BCUT2D eigenvalue weighted by Gasteiger charge is 2.53. The molecule has 2 aliphatic rings. The highest BCUT2D eigenvalue weighted by Crippen LogP contribution is 2.48. The van der Waals surface area contributed by atoms with Crippen LogP contribution in [-0.4, -0.2) is 65.8 Å². The van der Waals surface area contributed by atoms with Crippen molar-refractivity contribution in [2.45, 2.75) is 57.3 Å². The molecule has 4 rings (SSSR count). The number of carbonyl (C=O) groups excluding carboxylic acids is 3. The fourth-order valence-electron chi connectivity index (χ4n) is 5.40. The molecule has 0 aromatic heterocycles. The average molecular weight is 507 g/mol. The van der Waals surface area contributed by atoms with Crippen molar-refractivity contribution in [3.05, 3.63) is 71.8 Å². The van der Waals surface area contributed by atoms with E-state index in [0.29, 0.717) is 26.1 Å². The van der Waals surface area contributed by atoms with Crippen LogP contribution in [0.5, 0.6) is 0 Å². The number of nitrogens with one attached hydrogen (secondary N) is 1. The Bertz CT molecular complexity index is 1100. The Morgan fingerprint density at radius 3 is 2.43 bits per heavy atom. The van der Waals surface area contributed by atoms with E-state index in [-0.39, 0.29) is 24.5 Å². The van der Waals surface area contributed by atoms with Gasteiger partial charge in [0.15, 0.2) is 0 Å². The Morgan fingerprint density at radius 2 is 1.78 bits per heavy atom. The molecule has 2 aliphatic heterocycles. The molecule has 37 heavy (non-hydrogen) atoms. The van der Waals surface area contributed by atoms with Crippen molar-refractivity contribution in [1.82, 2.24) is 15.1 Å². The number of likely N-dealkylation sites (tertiary alicyclic amines) is 2. The monoisotopic (exact) mass is 506 g/mol. The first kappa shape index (κ1) is 26.8. The standard InChI is InChI=1S/C29H38N4O4/c1-28(2,30)26(35)31-23(19-37-18-21-11-6-4-7-12-21)25(34)33-16-10-15-29(20-33)17-24(32(3)27(29)36)22-13-8-5-9-14-22/h4-9,11-14,23-24H,10,15-20,30H2,1-3H3,(H,31,35)/t23-,24?,29+/m1/s1. The van der Waals surface area contributed by atoms with Crippen LogP contribution in [0, 0.1) is 5.41 Å². The second kappa shape index (κ2) is 11.0. The van der Waals surface area contributed by atoms with Gasteiger partial charge in [-0.25, -0.2) is 0 Å². The largest absolute Gasteiger partial charge is 0.374 e. The van der Waals surface area contributed by atoms with Crippen LogP contribution in [0.1, 0.15) is 50.3 Å². The summed E-state index contributed by atoms with van der Waals surface area (Å²) in [6.45, 7) is 4.39. The maximum Gasteiger partial charge on any atom is 0.247 e. The molecule has 2 aromatic carbocycles. The molecule has 2 heterocycles. The molecule has 8 heteroatoms. The molecule has 0 bridgehead atoms. The predicted octanol–water partition coefficient (Wildman–Crippen LogP) is 2.64. The number of ether oxygens (including phenoxy) is 1. The lowest BCUT2D eigenvalue weighted by molar-refractivity contribution is -0.146. The van der Waals surface area contributed by atoms with Crippen molar-refractivity contribution in [1.29, 1.82) is 0 Å². The Hall–Kier alpha value is -3.23. The van der Waals surface area contributed by atoms with Crippen molar-refractivity contribution in [2.24, 2.45) is 11.1 Å². The minimum Gasteiger partial charge on any atom is -0.374 e. The Labute approximate surface area is 219 Å². The van der Waals surface area contributed by atoms with Crippen LogP contribution < -0.4 is 11.1 Å². The summed E-state index contributed by atoms with van der Waals surface area (Å²) >= 11 is 0. The van der Waals surface area contributed by atoms with E-state index in [9.17, 15) is 14.4 Å². The van der Waals surface area contributed by atoms with Crippen molar-refractivity contribution < 1.29 is 19.1 Å². The van der Waals surface area contributed by atoms with Gasteiger partial charge in [-0.1, -0.05) is 60.7 Å². The molecule has 1 unspecified atom stereocenters. The lowest BCUT2D eigenvalue weighted by Crippen LogP contribution is -2.60. The summed E-state index contributed by atoms with van der Waals surface area (Å²) in [6.07, 6.45) is 2.12. The SMILES string of the molecule is CN1C(=O)[C@@]2(CCCN(C(=O)[C@@H](COCc3ccccc3)NC(=O)C(C)(C)N)C2)CC1c1ccccc1. The minimum atomic E-state index is -1.14. The van der Waals surface area contributed by atoms with Crippen molar-refractivity contribution in [3.63, 3.8) is 0 Å². The van der Waals surface area contributed by atoms with Crippen LogP contribution in [0.15, 0.2) is 60.7 Å². The van der Waals surface area contributed by atoms with Crippen molar-refractivity contribution >= 4 is 17.7 Å². The van der Waals surface area contributed by atoms with Crippen LogP contribution in [0.25, 0.3) is 0 Å². The normalized spacial score (nSPS) is 22.8. The van der Waals surface area contributed by atoms with Crippen molar-refractivity contribution in [2.75, 3.05) is 26.7 Å². The van der Waals surface area contributed by atoms with E-state index in [4.69, 9.17) is 10.5 Å². The molecule has 0 saturated carbocycles. The number of piperidine rings is 1. The molecule has 2 saturated heterocycles. The maximum absolute atomic E-state index is 13.7. The van der Waals surface area contributed by atoms with Gasteiger partial charge in [0.05, 0.1) is 30.2 Å². The number of nitrogens with two attached hydrogens (primary N) is 1. The summed E-state index contributed by atoms with van der Waals surface area (Å²) in [5.41, 5.74) is 6.30. The topological polar surface area (TPSA) is 105 Å². The summed E-state index contributed by atoms with van der Waals surface area (Å²) in [7, 11) is 1.85. The highest BCUT2D eigenvalue weighted by molar-refractivity contribution is 5.92. The van der Waals surface area contributed by atoms with E-state index in [1.54, 1.807) is 18.7 Å². The zero-order chi connectivity index (χ0) is 26.6. The van der Waals surface area contributed by atoms with Gasteiger partial charge in [-0.2, -0.15) is 0 Å². The molecule has 0 radical (unpaired) electrons. The van der Waals surface area contributed by atoms with Gasteiger partial charge in [-0.15, -0.1) is 0 Å². The zero-order valence-corrected chi connectivity index (χ0v) is 22.0. The number of hydrogen-bond donors (Lipinski definition) is 2. The van der Waals surface area contributed by atoms with Crippen LogP contribution in [0.2, 0.25) is 0 Å². The number of amides is 3. The first-order valence-electron chi connectivity index (χ1n) is 12.9. The first-order chi connectivity index (χ1) is 17.6. The van der Waals surface area contributed by atoms with E-state index in [0.717, 1.165) is 24.0 Å². The third kappa shape index (κ3) is 6.02. The lowest BCUT2D eigenvalue weighted by atomic mass is 9.76. The van der Waals surface area contributed by atoms with E-state index in [2.05, 4.69) is 5.32 Å². The molecule has 2 fully saturated rings. The van der Waals surface area contributed by atoms with E-state index < -0.39 is 22.9 Å². The van der Waals surface area contributed by atoms with Gasteiger partial charge in [-0.05, 0) is 44.2 Å². The van der Waals surface area contributed by atoms with E-state index in [1.807, 2.05) is 72.6 Å². The third-order valence-electron chi connectivity index (χ3n) is 7.48. The third-order valence-corrected chi connectivity index (χ3v) is 7.48. The minimum absolute atomic E-state index is 0.0134. The van der Waals surface area contributed by atoms with Gasteiger partial charge in [0.1, 0.15) is 6.04 Å². The number of benzene rings is 2. The van der Waals surface area contributed by atoms with Gasteiger partial charge in [0.25, 0.3) is 0 Å². The first-order valence-corrected chi connectivity index (χ1v) is 12.9. The number of nitrogens with zero attached hydrogens (tertiary/aromatic N) is 2. The molecular formula is C29H38N4O4. The van der Waals surface area contributed by atoms with Crippen LogP contribution in [-0.2, 0) is 25.7 Å². The fourth-order valence-corrected chi connectivity index (χ4v) is 5.40. The quantitative estimate of drug-likeness (QED) is 0.573. The average Bonchev–Trinajstić information content (AvgIpc) is 3.13. The van der Waals surface area contributed by atoms with Gasteiger partial charge in [0.2, 0.25) is 17.7 Å². The second-order valence-electron chi connectivity index (χ2n) is 10.9. The van der Waals surface area contributed by atoms with Crippen LogP contribution >= 0.6 is 0 Å². The van der Waals surface area contributed by atoms with Gasteiger partial charge in [-0.3, -0.25) is 14.4 Å². The molecule has 3 atom stereocenters. The maximum atomic E-state index is 13.7. The van der Waals surface area contributed by atoms with Crippen LogP contribution in [0.3, 0.4) is 0 Å². The molecule has 1 spiro atoms. The summed E-state index contributed by atoms with van der Waals surface area (Å²) < 4.78 is 5.86.